The summed E-state index contributed by atoms with van der Waals surface area (Å²) in [5.41, 5.74) is 1.15. The van der Waals surface area contributed by atoms with Crippen LogP contribution in [-0.4, -0.2) is 25.0 Å². The Morgan fingerprint density at radius 2 is 2.27 bits per heavy atom. The summed E-state index contributed by atoms with van der Waals surface area (Å²) in [5, 5.41) is 2.72. The van der Waals surface area contributed by atoms with Gasteiger partial charge in [-0.25, -0.2) is 0 Å². The summed E-state index contributed by atoms with van der Waals surface area (Å²) in [7, 11) is 0. The van der Waals surface area contributed by atoms with E-state index in [1.54, 1.807) is 41.3 Å². The van der Waals surface area contributed by atoms with E-state index < -0.39 is 0 Å². The number of hydrogen-bond donors (Lipinski definition) is 1. The van der Waals surface area contributed by atoms with Crippen molar-refractivity contribution in [2.24, 2.45) is 0 Å². The molecule has 6 heteroatoms. The Labute approximate surface area is 127 Å². The molecule has 0 saturated heterocycles. The van der Waals surface area contributed by atoms with Gasteiger partial charge in [0.25, 0.3) is 11.8 Å². The molecular formula is C16H14N2O4. The predicted octanol–water partition coefficient (Wildman–Crippen LogP) is 2.44. The van der Waals surface area contributed by atoms with Crippen LogP contribution in [-0.2, 0) is 4.79 Å². The van der Waals surface area contributed by atoms with Crippen molar-refractivity contribution >= 4 is 23.2 Å². The molecule has 1 aliphatic rings. The number of fused-ring (bicyclic) bond motifs is 1. The molecule has 0 atom stereocenters. The number of ether oxygens (including phenoxy) is 1. The maximum absolute atomic E-state index is 12.0. The number of carbonyl (C=O) groups excluding carboxylic acids is 2. The van der Waals surface area contributed by atoms with Gasteiger partial charge in [0.1, 0.15) is 5.75 Å². The van der Waals surface area contributed by atoms with Crippen molar-refractivity contribution in [3.63, 3.8) is 0 Å². The summed E-state index contributed by atoms with van der Waals surface area (Å²) >= 11 is 0. The number of carbonyl (C=O) groups is 2. The van der Waals surface area contributed by atoms with E-state index in [1.165, 1.54) is 6.26 Å². The average molecular weight is 298 g/mol. The first kappa shape index (κ1) is 13.9. The zero-order chi connectivity index (χ0) is 15.5. The highest BCUT2D eigenvalue weighted by atomic mass is 16.5. The molecular weight excluding hydrogens is 284 g/mol. The number of nitrogens with one attached hydrogen (secondary N) is 1. The highest BCUT2D eigenvalue weighted by molar-refractivity contribution is 6.03. The van der Waals surface area contributed by atoms with E-state index in [9.17, 15) is 9.59 Å². The Hall–Kier alpha value is -3.02. The van der Waals surface area contributed by atoms with Gasteiger partial charge in [0.05, 0.1) is 12.0 Å². The summed E-state index contributed by atoms with van der Waals surface area (Å²) in [6.07, 6.45) is 3.07. The van der Waals surface area contributed by atoms with Gasteiger partial charge in [-0.2, -0.15) is 0 Å². The number of amides is 2. The summed E-state index contributed by atoms with van der Waals surface area (Å²) < 4.78 is 10.4. The van der Waals surface area contributed by atoms with Crippen molar-refractivity contribution in [3.05, 3.63) is 55.0 Å². The first-order chi connectivity index (χ1) is 10.7. The average Bonchev–Trinajstić information content (AvgIpc) is 3.05. The molecule has 1 aromatic carbocycles. The summed E-state index contributed by atoms with van der Waals surface area (Å²) in [6.45, 7) is 4.03. The van der Waals surface area contributed by atoms with Crippen LogP contribution in [0.25, 0.3) is 0 Å². The third-order valence-corrected chi connectivity index (χ3v) is 3.22. The lowest BCUT2D eigenvalue weighted by molar-refractivity contribution is -0.121. The van der Waals surface area contributed by atoms with Crippen molar-refractivity contribution in [1.29, 1.82) is 0 Å². The molecule has 0 spiro atoms. The zero-order valence-corrected chi connectivity index (χ0v) is 11.7. The second-order valence-corrected chi connectivity index (χ2v) is 4.70. The Morgan fingerprint density at radius 3 is 3.00 bits per heavy atom. The van der Waals surface area contributed by atoms with Crippen LogP contribution in [0, 0.1) is 0 Å². The minimum absolute atomic E-state index is 0.00105. The zero-order valence-electron chi connectivity index (χ0n) is 11.7. The van der Waals surface area contributed by atoms with E-state index in [2.05, 4.69) is 11.9 Å². The summed E-state index contributed by atoms with van der Waals surface area (Å²) in [4.78, 5) is 25.5. The normalized spacial score (nSPS) is 13.3. The van der Waals surface area contributed by atoms with Crippen molar-refractivity contribution in [2.45, 2.75) is 0 Å². The Morgan fingerprint density at radius 1 is 1.41 bits per heavy atom. The van der Waals surface area contributed by atoms with Crippen LogP contribution < -0.4 is 15.0 Å². The van der Waals surface area contributed by atoms with Crippen LogP contribution >= 0.6 is 0 Å². The molecule has 0 saturated carbocycles. The predicted molar refractivity (Wildman–Crippen MR) is 81.1 cm³/mol. The number of anilines is 2. The molecule has 0 radical (unpaired) electrons. The summed E-state index contributed by atoms with van der Waals surface area (Å²) in [5.74, 6) is 0.302. The Bertz CT molecular complexity index is 722. The van der Waals surface area contributed by atoms with Crippen LogP contribution in [0.1, 0.15) is 10.6 Å². The molecule has 112 valence electrons. The molecule has 2 amide bonds. The number of nitrogens with zero attached hydrogens (tertiary/aromatic N) is 1. The highest BCUT2D eigenvalue weighted by Gasteiger charge is 2.25. The topological polar surface area (TPSA) is 71.8 Å². The van der Waals surface area contributed by atoms with Crippen molar-refractivity contribution < 1.29 is 18.7 Å². The smallest absolute Gasteiger partial charge is 0.291 e. The Balaban J connectivity index is 1.87. The third-order valence-electron chi connectivity index (χ3n) is 3.22. The van der Waals surface area contributed by atoms with E-state index in [1.807, 2.05) is 0 Å². The Kier molecular flexibility index (Phi) is 3.65. The molecule has 3 rings (SSSR count). The van der Waals surface area contributed by atoms with E-state index in [0.29, 0.717) is 23.7 Å². The van der Waals surface area contributed by atoms with Crippen LogP contribution in [0.15, 0.2) is 53.7 Å². The second kappa shape index (κ2) is 5.77. The van der Waals surface area contributed by atoms with E-state index in [4.69, 9.17) is 9.15 Å². The fourth-order valence-electron chi connectivity index (χ4n) is 2.21. The van der Waals surface area contributed by atoms with Crippen LogP contribution in [0.3, 0.4) is 0 Å². The lowest BCUT2D eigenvalue weighted by Crippen LogP contribution is -2.38. The third kappa shape index (κ3) is 2.58. The fraction of sp³-hybridized carbons (Fsp3) is 0.125. The second-order valence-electron chi connectivity index (χ2n) is 4.70. The van der Waals surface area contributed by atoms with Gasteiger partial charge in [0, 0.05) is 12.2 Å². The lowest BCUT2D eigenvalue weighted by Gasteiger charge is -2.28. The number of rotatable bonds is 4. The standard InChI is InChI=1S/C16H14N2O4/c1-2-7-18-12-9-11(5-6-13(12)22-10-15(18)19)17-16(20)14-4-3-8-21-14/h2-6,8-9H,1,7,10H2,(H,17,20). The van der Waals surface area contributed by atoms with Crippen LogP contribution in [0.4, 0.5) is 11.4 Å². The van der Waals surface area contributed by atoms with Crippen LogP contribution in [0.2, 0.25) is 0 Å². The van der Waals surface area contributed by atoms with Crippen molar-refractivity contribution in [1.82, 2.24) is 0 Å². The molecule has 2 heterocycles. The minimum atomic E-state index is -0.358. The molecule has 6 nitrogen and oxygen atoms in total. The van der Waals surface area contributed by atoms with Crippen LogP contribution in [0.5, 0.6) is 5.75 Å². The van der Waals surface area contributed by atoms with E-state index in [0.717, 1.165) is 0 Å². The molecule has 22 heavy (non-hydrogen) atoms. The fourth-order valence-corrected chi connectivity index (χ4v) is 2.21. The number of benzene rings is 1. The van der Waals surface area contributed by atoms with Gasteiger partial charge < -0.3 is 19.4 Å². The van der Waals surface area contributed by atoms with Crippen molar-refractivity contribution in [2.75, 3.05) is 23.4 Å². The maximum Gasteiger partial charge on any atom is 0.291 e. The minimum Gasteiger partial charge on any atom is -0.482 e. The van der Waals surface area contributed by atoms with E-state index in [-0.39, 0.29) is 24.2 Å². The number of hydrogen-bond acceptors (Lipinski definition) is 4. The summed E-state index contributed by atoms with van der Waals surface area (Å²) in [6, 6.07) is 8.33. The lowest BCUT2D eigenvalue weighted by atomic mass is 10.2. The molecule has 2 aromatic rings. The molecule has 1 N–H and O–H groups in total. The molecule has 1 aliphatic heterocycles. The SMILES string of the molecule is C=CCN1C(=O)COc2ccc(NC(=O)c3ccco3)cc21. The molecule has 0 fully saturated rings. The molecule has 0 bridgehead atoms. The van der Waals surface area contributed by atoms with Gasteiger partial charge in [0.2, 0.25) is 0 Å². The van der Waals surface area contributed by atoms with Gasteiger partial charge >= 0.3 is 0 Å². The van der Waals surface area contributed by atoms with Gasteiger partial charge in [-0.15, -0.1) is 6.58 Å². The molecule has 1 aromatic heterocycles. The molecule has 0 aliphatic carbocycles. The quantitative estimate of drug-likeness (QED) is 0.880. The largest absolute Gasteiger partial charge is 0.482 e. The molecule has 0 unspecified atom stereocenters. The van der Waals surface area contributed by atoms with E-state index >= 15 is 0 Å². The van der Waals surface area contributed by atoms with Gasteiger partial charge in [-0.05, 0) is 30.3 Å². The first-order valence-corrected chi connectivity index (χ1v) is 6.72. The van der Waals surface area contributed by atoms with Gasteiger partial charge in [-0.3, -0.25) is 9.59 Å². The van der Waals surface area contributed by atoms with Gasteiger partial charge in [-0.1, -0.05) is 6.08 Å². The highest BCUT2D eigenvalue weighted by Crippen LogP contribution is 2.34. The first-order valence-electron chi connectivity index (χ1n) is 6.72. The monoisotopic (exact) mass is 298 g/mol. The van der Waals surface area contributed by atoms with Gasteiger partial charge in [0.15, 0.2) is 12.4 Å². The maximum atomic E-state index is 12.0. The van der Waals surface area contributed by atoms with Crippen molar-refractivity contribution in [3.8, 4) is 5.75 Å². The number of furan rings is 1.